The van der Waals surface area contributed by atoms with E-state index < -0.39 is 5.60 Å². The fourth-order valence-electron chi connectivity index (χ4n) is 2.20. The van der Waals surface area contributed by atoms with Crippen molar-refractivity contribution in [2.45, 2.75) is 45.8 Å². The minimum Gasteiger partial charge on any atom is -0.459 e. The van der Waals surface area contributed by atoms with Crippen LogP contribution in [0.2, 0.25) is 0 Å². The molecule has 0 aromatic carbocycles. The van der Waals surface area contributed by atoms with E-state index in [4.69, 9.17) is 10.5 Å². The van der Waals surface area contributed by atoms with E-state index in [1.165, 1.54) is 0 Å². The first kappa shape index (κ1) is 13.5. The first-order valence-electron chi connectivity index (χ1n) is 5.96. The molecule has 4 nitrogen and oxygen atoms in total. The van der Waals surface area contributed by atoms with Crippen LogP contribution in [-0.4, -0.2) is 42.1 Å². The van der Waals surface area contributed by atoms with Crippen LogP contribution in [0, 0.1) is 5.92 Å². The van der Waals surface area contributed by atoms with Gasteiger partial charge in [0, 0.05) is 19.1 Å². The number of ether oxygens (including phenoxy) is 1. The van der Waals surface area contributed by atoms with Gasteiger partial charge in [0.25, 0.3) is 0 Å². The van der Waals surface area contributed by atoms with E-state index >= 15 is 0 Å². The second-order valence-electron chi connectivity index (χ2n) is 5.88. The normalized spacial score (nSPS) is 27.8. The van der Waals surface area contributed by atoms with E-state index in [1.54, 1.807) is 0 Å². The zero-order valence-electron chi connectivity index (χ0n) is 10.8. The van der Waals surface area contributed by atoms with E-state index in [9.17, 15) is 4.79 Å². The third-order valence-electron chi connectivity index (χ3n) is 2.54. The summed E-state index contributed by atoms with van der Waals surface area (Å²) < 4.78 is 5.29. The monoisotopic (exact) mass is 228 g/mol. The zero-order chi connectivity index (χ0) is 12.3. The summed E-state index contributed by atoms with van der Waals surface area (Å²) in [5.74, 6) is 0.403. The first-order chi connectivity index (χ1) is 7.26. The highest BCUT2D eigenvalue weighted by atomic mass is 16.6. The summed E-state index contributed by atoms with van der Waals surface area (Å²) in [5.41, 5.74) is 5.52. The predicted molar refractivity (Wildman–Crippen MR) is 64.0 cm³/mol. The maximum atomic E-state index is 11.6. The summed E-state index contributed by atoms with van der Waals surface area (Å²) >= 11 is 0. The minimum atomic E-state index is -0.402. The van der Waals surface area contributed by atoms with Crippen LogP contribution < -0.4 is 5.73 Å². The zero-order valence-corrected chi connectivity index (χ0v) is 10.8. The molecule has 1 aliphatic heterocycles. The number of rotatable bonds is 2. The Labute approximate surface area is 98.1 Å². The van der Waals surface area contributed by atoms with E-state index in [1.807, 2.05) is 20.8 Å². The van der Waals surface area contributed by atoms with Gasteiger partial charge in [0.2, 0.25) is 0 Å². The highest BCUT2D eigenvalue weighted by molar-refractivity contribution is 5.72. The SMILES string of the molecule is CC1CC(N)CN(CC(=O)OC(C)(C)C)C1. The van der Waals surface area contributed by atoms with Crippen molar-refractivity contribution in [3.8, 4) is 0 Å². The van der Waals surface area contributed by atoms with Gasteiger partial charge < -0.3 is 10.5 Å². The van der Waals surface area contributed by atoms with Gasteiger partial charge in [-0.1, -0.05) is 6.92 Å². The Balaban J connectivity index is 2.39. The number of carbonyl (C=O) groups excluding carboxylic acids is 1. The lowest BCUT2D eigenvalue weighted by Crippen LogP contribution is -2.48. The highest BCUT2D eigenvalue weighted by Crippen LogP contribution is 2.15. The fraction of sp³-hybridized carbons (Fsp3) is 0.917. The third-order valence-corrected chi connectivity index (χ3v) is 2.54. The Hall–Kier alpha value is -0.610. The summed E-state index contributed by atoms with van der Waals surface area (Å²) in [7, 11) is 0. The van der Waals surface area contributed by atoms with Crippen LogP contribution in [0.4, 0.5) is 0 Å². The van der Waals surface area contributed by atoms with Gasteiger partial charge in [0.1, 0.15) is 5.60 Å². The van der Waals surface area contributed by atoms with Crippen molar-refractivity contribution in [2.24, 2.45) is 11.7 Å². The van der Waals surface area contributed by atoms with Gasteiger partial charge in [-0.05, 0) is 33.1 Å². The van der Waals surface area contributed by atoms with E-state index in [-0.39, 0.29) is 12.0 Å². The van der Waals surface area contributed by atoms with Crippen LogP contribution >= 0.6 is 0 Å². The third kappa shape index (κ3) is 4.94. The van der Waals surface area contributed by atoms with Gasteiger partial charge in [-0.3, -0.25) is 9.69 Å². The largest absolute Gasteiger partial charge is 0.459 e. The molecule has 0 spiro atoms. The smallest absolute Gasteiger partial charge is 0.320 e. The summed E-state index contributed by atoms with van der Waals surface area (Å²) in [5, 5.41) is 0. The number of hydrogen-bond donors (Lipinski definition) is 1. The number of nitrogens with zero attached hydrogens (tertiary/aromatic N) is 1. The van der Waals surface area contributed by atoms with Crippen molar-refractivity contribution in [1.82, 2.24) is 4.90 Å². The fourth-order valence-corrected chi connectivity index (χ4v) is 2.20. The number of likely N-dealkylation sites (tertiary alicyclic amines) is 1. The van der Waals surface area contributed by atoms with E-state index in [2.05, 4.69) is 11.8 Å². The summed E-state index contributed by atoms with van der Waals surface area (Å²) in [6, 6.07) is 0.186. The number of esters is 1. The molecule has 2 atom stereocenters. The second kappa shape index (κ2) is 5.15. The summed E-state index contributed by atoms with van der Waals surface area (Å²) in [6.45, 7) is 9.91. The molecule has 0 aliphatic carbocycles. The second-order valence-corrected chi connectivity index (χ2v) is 5.88. The molecule has 0 radical (unpaired) electrons. The Kier molecular flexibility index (Phi) is 4.33. The molecule has 1 aliphatic rings. The lowest BCUT2D eigenvalue weighted by atomic mass is 9.97. The van der Waals surface area contributed by atoms with Crippen LogP contribution in [-0.2, 0) is 9.53 Å². The highest BCUT2D eigenvalue weighted by Gasteiger charge is 2.25. The van der Waals surface area contributed by atoms with E-state index in [0.29, 0.717) is 12.5 Å². The molecule has 0 bridgehead atoms. The minimum absolute atomic E-state index is 0.159. The molecule has 0 aromatic rings. The quantitative estimate of drug-likeness (QED) is 0.716. The summed E-state index contributed by atoms with van der Waals surface area (Å²) in [4.78, 5) is 13.7. The van der Waals surface area contributed by atoms with Crippen molar-refractivity contribution < 1.29 is 9.53 Å². The van der Waals surface area contributed by atoms with Crippen molar-refractivity contribution in [1.29, 1.82) is 0 Å². The van der Waals surface area contributed by atoms with Gasteiger partial charge in [-0.15, -0.1) is 0 Å². The summed E-state index contributed by atoms with van der Waals surface area (Å²) in [6.07, 6.45) is 1.05. The van der Waals surface area contributed by atoms with Crippen LogP contribution in [0.3, 0.4) is 0 Å². The van der Waals surface area contributed by atoms with Crippen LogP contribution in [0.5, 0.6) is 0 Å². The molecule has 1 fully saturated rings. The molecular weight excluding hydrogens is 204 g/mol. The molecule has 2 unspecified atom stereocenters. The molecule has 1 heterocycles. The lowest BCUT2D eigenvalue weighted by Gasteiger charge is -2.34. The molecule has 0 amide bonds. The molecule has 0 saturated carbocycles. The van der Waals surface area contributed by atoms with Crippen LogP contribution in [0.15, 0.2) is 0 Å². The average Bonchev–Trinajstić information content (AvgIpc) is 1.96. The Morgan fingerprint density at radius 2 is 2.06 bits per heavy atom. The number of hydrogen-bond acceptors (Lipinski definition) is 4. The molecule has 4 heteroatoms. The maximum absolute atomic E-state index is 11.6. The van der Waals surface area contributed by atoms with Crippen LogP contribution in [0.1, 0.15) is 34.1 Å². The van der Waals surface area contributed by atoms with Gasteiger partial charge in [0.15, 0.2) is 0 Å². The number of nitrogens with two attached hydrogens (primary N) is 1. The van der Waals surface area contributed by atoms with Gasteiger partial charge in [-0.25, -0.2) is 0 Å². The Bertz CT molecular complexity index is 238. The van der Waals surface area contributed by atoms with Crippen molar-refractivity contribution in [2.75, 3.05) is 19.6 Å². The predicted octanol–water partition coefficient (Wildman–Crippen LogP) is 0.997. The standard InChI is InChI=1S/C12H24N2O2/c1-9-5-10(13)7-14(6-9)8-11(15)16-12(2,3)4/h9-10H,5-8,13H2,1-4H3. The molecular formula is C12H24N2O2. The topological polar surface area (TPSA) is 55.6 Å². The average molecular weight is 228 g/mol. The molecule has 94 valence electrons. The van der Waals surface area contributed by atoms with Gasteiger partial charge in [-0.2, -0.15) is 0 Å². The Morgan fingerprint density at radius 3 is 2.56 bits per heavy atom. The van der Waals surface area contributed by atoms with E-state index in [0.717, 1.165) is 19.5 Å². The molecule has 2 N–H and O–H groups in total. The molecule has 1 rings (SSSR count). The molecule has 16 heavy (non-hydrogen) atoms. The lowest BCUT2D eigenvalue weighted by molar-refractivity contribution is -0.156. The van der Waals surface area contributed by atoms with Crippen molar-refractivity contribution in [3.05, 3.63) is 0 Å². The Morgan fingerprint density at radius 1 is 1.44 bits per heavy atom. The number of piperidine rings is 1. The van der Waals surface area contributed by atoms with Gasteiger partial charge >= 0.3 is 5.97 Å². The molecule has 1 saturated heterocycles. The maximum Gasteiger partial charge on any atom is 0.320 e. The molecule has 0 aromatic heterocycles. The van der Waals surface area contributed by atoms with Crippen LogP contribution in [0.25, 0.3) is 0 Å². The number of carbonyl (C=O) groups is 1. The van der Waals surface area contributed by atoms with Gasteiger partial charge in [0.05, 0.1) is 6.54 Å². The van der Waals surface area contributed by atoms with Crippen molar-refractivity contribution >= 4 is 5.97 Å². The first-order valence-corrected chi connectivity index (χ1v) is 5.96. The van der Waals surface area contributed by atoms with Crippen molar-refractivity contribution in [3.63, 3.8) is 0 Å².